The van der Waals surface area contributed by atoms with Gasteiger partial charge >= 0.3 is 0 Å². The second kappa shape index (κ2) is 6.99. The van der Waals surface area contributed by atoms with Gasteiger partial charge in [0.2, 0.25) is 0 Å². The van der Waals surface area contributed by atoms with Gasteiger partial charge < -0.3 is 5.32 Å². The fourth-order valence-corrected chi connectivity index (χ4v) is 2.51. The highest BCUT2D eigenvalue weighted by Gasteiger charge is 2.09. The molecule has 0 spiro atoms. The van der Waals surface area contributed by atoms with Crippen molar-refractivity contribution in [1.82, 2.24) is 5.32 Å². The minimum atomic E-state index is -2.87. The van der Waals surface area contributed by atoms with Crippen LogP contribution in [0.3, 0.4) is 0 Å². The summed E-state index contributed by atoms with van der Waals surface area (Å²) in [6.07, 6.45) is 1.86. The summed E-state index contributed by atoms with van der Waals surface area (Å²) in [6.45, 7) is 0.652. The molecule has 0 fully saturated rings. The van der Waals surface area contributed by atoms with E-state index in [0.29, 0.717) is 18.8 Å². The summed E-state index contributed by atoms with van der Waals surface area (Å²) < 4.78 is 21.9. The predicted octanol–water partition coefficient (Wildman–Crippen LogP) is 1.99. The third-order valence-electron chi connectivity index (χ3n) is 2.44. The Labute approximate surface area is 108 Å². The van der Waals surface area contributed by atoms with Gasteiger partial charge in [-0.3, -0.25) is 0 Å². The highest BCUT2D eigenvalue weighted by molar-refractivity contribution is 7.90. The van der Waals surface area contributed by atoms with Crippen LogP contribution in [0.15, 0.2) is 30.3 Å². The third-order valence-corrected chi connectivity index (χ3v) is 3.78. The van der Waals surface area contributed by atoms with Gasteiger partial charge in [0.05, 0.1) is 5.75 Å². The number of rotatable bonds is 7. The van der Waals surface area contributed by atoms with Gasteiger partial charge in [-0.1, -0.05) is 30.3 Å². The minimum absolute atomic E-state index is 0.0810. The lowest BCUT2D eigenvalue weighted by Crippen LogP contribution is -2.25. The highest BCUT2D eigenvalue weighted by Crippen LogP contribution is 2.13. The molecular formula is C12H18ClNO2S. The number of alkyl halides is 1. The summed E-state index contributed by atoms with van der Waals surface area (Å²) >= 11 is 5.89. The molecule has 1 aromatic carbocycles. The molecule has 0 saturated carbocycles. The maximum atomic E-state index is 11.0. The lowest BCUT2D eigenvalue weighted by Gasteiger charge is -2.16. The molecule has 1 atom stereocenters. The lowest BCUT2D eigenvalue weighted by atomic mass is 10.1. The van der Waals surface area contributed by atoms with Crippen LogP contribution in [0.2, 0.25) is 0 Å². The van der Waals surface area contributed by atoms with Gasteiger partial charge in [-0.05, 0) is 18.5 Å². The summed E-state index contributed by atoms with van der Waals surface area (Å²) in [6, 6.07) is 9.99. The first-order valence-corrected chi connectivity index (χ1v) is 8.14. The number of hydrogen-bond donors (Lipinski definition) is 1. The van der Waals surface area contributed by atoms with Crippen molar-refractivity contribution in [3.8, 4) is 0 Å². The highest BCUT2D eigenvalue weighted by atomic mass is 35.5. The molecule has 0 radical (unpaired) electrons. The number of sulfone groups is 1. The van der Waals surface area contributed by atoms with E-state index in [0.717, 1.165) is 5.56 Å². The van der Waals surface area contributed by atoms with Crippen LogP contribution in [-0.4, -0.2) is 32.9 Å². The molecule has 0 amide bonds. The van der Waals surface area contributed by atoms with Gasteiger partial charge in [-0.25, -0.2) is 8.42 Å². The molecule has 17 heavy (non-hydrogen) atoms. The van der Waals surface area contributed by atoms with E-state index in [1.54, 1.807) is 0 Å². The third kappa shape index (κ3) is 6.05. The van der Waals surface area contributed by atoms with Gasteiger partial charge in [0.25, 0.3) is 0 Å². The Bertz CT molecular complexity index is 419. The minimum Gasteiger partial charge on any atom is -0.309 e. The lowest BCUT2D eigenvalue weighted by molar-refractivity contribution is 0.565. The molecule has 0 aromatic heterocycles. The van der Waals surface area contributed by atoms with Crippen LogP contribution in [0.25, 0.3) is 0 Å². The Morgan fingerprint density at radius 1 is 1.29 bits per heavy atom. The van der Waals surface area contributed by atoms with E-state index in [9.17, 15) is 8.42 Å². The average molecular weight is 276 g/mol. The van der Waals surface area contributed by atoms with E-state index >= 15 is 0 Å². The second-order valence-electron chi connectivity index (χ2n) is 4.06. The molecule has 3 nitrogen and oxygen atoms in total. The van der Waals surface area contributed by atoms with Crippen molar-refractivity contribution >= 4 is 21.4 Å². The van der Waals surface area contributed by atoms with Crippen LogP contribution in [0, 0.1) is 0 Å². The van der Waals surface area contributed by atoms with Crippen molar-refractivity contribution in [3.63, 3.8) is 0 Å². The molecule has 1 unspecified atom stereocenters. The van der Waals surface area contributed by atoms with Crippen molar-refractivity contribution in [2.24, 2.45) is 0 Å². The summed E-state index contributed by atoms with van der Waals surface area (Å²) in [7, 11) is -2.87. The van der Waals surface area contributed by atoms with Gasteiger partial charge in [0, 0.05) is 18.2 Å². The van der Waals surface area contributed by atoms with Gasteiger partial charge in [-0.15, -0.1) is 11.6 Å². The van der Waals surface area contributed by atoms with Crippen LogP contribution in [-0.2, 0) is 9.84 Å². The molecular weight excluding hydrogens is 258 g/mol. The monoisotopic (exact) mass is 275 g/mol. The SMILES string of the molecule is CS(=O)(=O)CCCNC(CCl)c1ccccc1. The average Bonchev–Trinajstić information content (AvgIpc) is 2.29. The van der Waals surface area contributed by atoms with Crippen LogP contribution in [0.4, 0.5) is 0 Å². The molecule has 0 aliphatic carbocycles. The number of hydrogen-bond acceptors (Lipinski definition) is 3. The zero-order valence-electron chi connectivity index (χ0n) is 9.90. The van der Waals surface area contributed by atoms with Crippen molar-refractivity contribution in [3.05, 3.63) is 35.9 Å². The van der Waals surface area contributed by atoms with Crippen molar-refractivity contribution in [2.45, 2.75) is 12.5 Å². The zero-order valence-corrected chi connectivity index (χ0v) is 11.5. The molecule has 1 rings (SSSR count). The van der Waals surface area contributed by atoms with Gasteiger partial charge in [0.15, 0.2) is 0 Å². The number of nitrogens with one attached hydrogen (secondary N) is 1. The van der Waals surface area contributed by atoms with Crippen LogP contribution in [0.5, 0.6) is 0 Å². The van der Waals surface area contributed by atoms with Crippen LogP contribution in [0.1, 0.15) is 18.0 Å². The second-order valence-corrected chi connectivity index (χ2v) is 6.62. The molecule has 96 valence electrons. The fraction of sp³-hybridized carbons (Fsp3) is 0.500. The Balaban J connectivity index is 2.39. The fourth-order valence-electron chi connectivity index (χ4n) is 1.56. The molecule has 0 aliphatic rings. The van der Waals surface area contributed by atoms with Crippen molar-refractivity contribution in [1.29, 1.82) is 0 Å². The Hall–Kier alpha value is -0.580. The molecule has 1 aromatic rings. The summed E-state index contributed by atoms with van der Waals surface area (Å²) in [4.78, 5) is 0. The first-order valence-electron chi connectivity index (χ1n) is 5.55. The van der Waals surface area contributed by atoms with E-state index < -0.39 is 9.84 Å². The molecule has 0 heterocycles. The predicted molar refractivity (Wildman–Crippen MR) is 72.2 cm³/mol. The number of halogens is 1. The Kier molecular flexibility index (Phi) is 5.95. The van der Waals surface area contributed by atoms with Crippen molar-refractivity contribution < 1.29 is 8.42 Å². The first kappa shape index (κ1) is 14.5. The standard InChI is InChI=1S/C12H18ClNO2S/c1-17(15,16)9-5-8-14-12(10-13)11-6-3-2-4-7-11/h2-4,6-7,12,14H,5,8-10H2,1H3. The summed E-state index contributed by atoms with van der Waals surface area (Å²) in [5.74, 6) is 0.687. The van der Waals surface area contributed by atoms with Crippen LogP contribution < -0.4 is 5.32 Å². The van der Waals surface area contributed by atoms with Gasteiger partial charge in [-0.2, -0.15) is 0 Å². The Morgan fingerprint density at radius 2 is 1.94 bits per heavy atom. The largest absolute Gasteiger partial charge is 0.309 e. The van der Waals surface area contributed by atoms with E-state index in [-0.39, 0.29) is 11.8 Å². The molecule has 0 bridgehead atoms. The zero-order chi connectivity index (χ0) is 12.7. The smallest absolute Gasteiger partial charge is 0.147 e. The molecule has 0 aliphatic heterocycles. The summed E-state index contributed by atoms with van der Waals surface area (Å²) in [5, 5.41) is 3.26. The quantitative estimate of drug-likeness (QED) is 0.611. The summed E-state index contributed by atoms with van der Waals surface area (Å²) in [5.41, 5.74) is 1.13. The molecule has 0 saturated heterocycles. The molecule has 1 N–H and O–H groups in total. The van der Waals surface area contributed by atoms with Gasteiger partial charge in [0.1, 0.15) is 9.84 Å². The van der Waals surface area contributed by atoms with E-state index in [1.165, 1.54) is 6.26 Å². The van der Waals surface area contributed by atoms with Crippen LogP contribution >= 0.6 is 11.6 Å². The maximum absolute atomic E-state index is 11.0. The topological polar surface area (TPSA) is 46.2 Å². The first-order chi connectivity index (χ1) is 8.03. The normalized spacial score (nSPS) is 13.5. The number of benzene rings is 1. The molecule has 5 heteroatoms. The van der Waals surface area contributed by atoms with E-state index in [2.05, 4.69) is 5.32 Å². The van der Waals surface area contributed by atoms with Crippen molar-refractivity contribution in [2.75, 3.05) is 24.4 Å². The maximum Gasteiger partial charge on any atom is 0.147 e. The van der Waals surface area contributed by atoms with E-state index in [1.807, 2.05) is 30.3 Å². The van der Waals surface area contributed by atoms with E-state index in [4.69, 9.17) is 11.6 Å². The Morgan fingerprint density at radius 3 is 2.47 bits per heavy atom.